The molecule has 2 bridgehead atoms. The first kappa shape index (κ1) is 13.3. The van der Waals surface area contributed by atoms with E-state index < -0.39 is 6.04 Å². The van der Waals surface area contributed by atoms with E-state index in [1.54, 1.807) is 6.07 Å². The Labute approximate surface area is 124 Å². The molecule has 1 heterocycles. The van der Waals surface area contributed by atoms with Crippen LogP contribution in [0.5, 0.6) is 0 Å². The average molecular weight is 288 g/mol. The van der Waals surface area contributed by atoms with E-state index in [0.717, 1.165) is 23.1 Å². The third-order valence-electron chi connectivity index (χ3n) is 5.71. The molecule has 21 heavy (non-hydrogen) atoms. The van der Waals surface area contributed by atoms with Gasteiger partial charge in [-0.15, -0.1) is 0 Å². The van der Waals surface area contributed by atoms with E-state index in [1.807, 2.05) is 0 Å². The van der Waals surface area contributed by atoms with Gasteiger partial charge in [-0.1, -0.05) is 6.42 Å². The molecule has 2 fully saturated rings. The molecule has 112 valence electrons. The third kappa shape index (κ3) is 2.16. The fourth-order valence-electron chi connectivity index (χ4n) is 4.69. The lowest BCUT2D eigenvalue weighted by Crippen LogP contribution is -2.40. The van der Waals surface area contributed by atoms with Crippen molar-refractivity contribution in [1.29, 1.82) is 0 Å². The molecule has 3 nitrogen and oxygen atoms in total. The third-order valence-corrected chi connectivity index (χ3v) is 5.71. The van der Waals surface area contributed by atoms with Crippen molar-refractivity contribution < 1.29 is 9.18 Å². The van der Waals surface area contributed by atoms with Crippen molar-refractivity contribution in [2.24, 2.45) is 17.8 Å². The van der Waals surface area contributed by atoms with Crippen LogP contribution in [0.2, 0.25) is 0 Å². The lowest BCUT2D eigenvalue weighted by atomic mass is 9.83. The van der Waals surface area contributed by atoms with Gasteiger partial charge in [0.05, 0.1) is 0 Å². The Kier molecular flexibility index (Phi) is 3.03. The molecule has 2 N–H and O–H groups in total. The summed E-state index contributed by atoms with van der Waals surface area (Å²) in [6, 6.07) is 4.39. The standard InChI is InChI=1S/C17H21FN2O/c1-9(13-7-10-2-3-11(13)6-10)19-16-14-8-12(18)4-5-15(14)20-17(16)21/h4-5,8-11,13,16,19H,2-3,6-7H2,1H3,(H,20,21). The molecule has 0 aromatic heterocycles. The zero-order valence-electron chi connectivity index (χ0n) is 12.2. The van der Waals surface area contributed by atoms with Gasteiger partial charge in [-0.25, -0.2) is 4.39 Å². The molecular formula is C17H21FN2O. The summed E-state index contributed by atoms with van der Waals surface area (Å²) in [4.78, 5) is 12.2. The molecule has 5 unspecified atom stereocenters. The van der Waals surface area contributed by atoms with E-state index in [4.69, 9.17) is 0 Å². The summed E-state index contributed by atoms with van der Waals surface area (Å²) >= 11 is 0. The molecular weight excluding hydrogens is 267 g/mol. The van der Waals surface area contributed by atoms with E-state index in [1.165, 1.54) is 37.8 Å². The Morgan fingerprint density at radius 2 is 2.19 bits per heavy atom. The zero-order chi connectivity index (χ0) is 14.6. The summed E-state index contributed by atoms with van der Waals surface area (Å²) in [7, 11) is 0. The normalized spacial score (nSPS) is 34.9. The number of rotatable bonds is 3. The molecule has 0 saturated heterocycles. The molecule has 0 radical (unpaired) electrons. The van der Waals surface area contributed by atoms with E-state index in [-0.39, 0.29) is 11.7 Å². The average Bonchev–Trinajstić information content (AvgIpc) is 3.15. The van der Waals surface area contributed by atoms with Gasteiger partial charge in [0.15, 0.2) is 0 Å². The lowest BCUT2D eigenvalue weighted by molar-refractivity contribution is -0.118. The van der Waals surface area contributed by atoms with Crippen molar-refractivity contribution in [2.75, 3.05) is 5.32 Å². The van der Waals surface area contributed by atoms with Crippen LogP contribution in [0, 0.1) is 23.6 Å². The Morgan fingerprint density at radius 3 is 2.90 bits per heavy atom. The first-order valence-corrected chi connectivity index (χ1v) is 7.98. The minimum absolute atomic E-state index is 0.0643. The minimum Gasteiger partial charge on any atom is -0.324 e. The molecule has 1 amide bonds. The van der Waals surface area contributed by atoms with Gasteiger partial charge < -0.3 is 5.32 Å². The van der Waals surface area contributed by atoms with Gasteiger partial charge in [0.1, 0.15) is 11.9 Å². The Morgan fingerprint density at radius 1 is 1.33 bits per heavy atom. The van der Waals surface area contributed by atoms with Crippen LogP contribution in [0.3, 0.4) is 0 Å². The molecule has 1 aromatic rings. The molecule has 2 saturated carbocycles. The summed E-state index contributed by atoms with van der Waals surface area (Å²) in [5, 5.41) is 6.30. The van der Waals surface area contributed by atoms with Gasteiger partial charge in [0.25, 0.3) is 0 Å². The predicted molar refractivity (Wildman–Crippen MR) is 79.3 cm³/mol. The van der Waals surface area contributed by atoms with Crippen LogP contribution in [0.1, 0.15) is 44.2 Å². The molecule has 4 heteroatoms. The topological polar surface area (TPSA) is 41.1 Å². The maximum atomic E-state index is 13.5. The fourth-order valence-corrected chi connectivity index (χ4v) is 4.69. The van der Waals surface area contributed by atoms with Crippen LogP contribution in [-0.2, 0) is 4.79 Å². The Bertz CT molecular complexity index is 588. The smallest absolute Gasteiger partial charge is 0.246 e. The number of halogens is 1. The van der Waals surface area contributed by atoms with Crippen LogP contribution in [0.15, 0.2) is 18.2 Å². The van der Waals surface area contributed by atoms with Gasteiger partial charge in [0, 0.05) is 17.3 Å². The summed E-state index contributed by atoms with van der Waals surface area (Å²) in [5.41, 5.74) is 1.48. The van der Waals surface area contributed by atoms with Gasteiger partial charge in [-0.3, -0.25) is 10.1 Å². The molecule has 0 spiro atoms. The second-order valence-electron chi connectivity index (χ2n) is 6.95. The van der Waals surface area contributed by atoms with Gasteiger partial charge >= 0.3 is 0 Å². The number of hydrogen-bond donors (Lipinski definition) is 2. The van der Waals surface area contributed by atoms with Gasteiger partial charge in [-0.05, 0) is 62.1 Å². The van der Waals surface area contributed by atoms with E-state index in [0.29, 0.717) is 12.0 Å². The van der Waals surface area contributed by atoms with Crippen molar-refractivity contribution >= 4 is 11.6 Å². The molecule has 1 aromatic carbocycles. The number of amides is 1. The SMILES string of the molecule is CC(NC1C(=O)Nc2ccc(F)cc21)C1CC2CCC1C2. The van der Waals surface area contributed by atoms with Crippen molar-refractivity contribution in [3.05, 3.63) is 29.6 Å². The number of nitrogens with one attached hydrogen (secondary N) is 2. The number of hydrogen-bond acceptors (Lipinski definition) is 2. The van der Waals surface area contributed by atoms with Crippen LogP contribution >= 0.6 is 0 Å². The van der Waals surface area contributed by atoms with Gasteiger partial charge in [0.2, 0.25) is 5.91 Å². The quantitative estimate of drug-likeness (QED) is 0.896. The van der Waals surface area contributed by atoms with E-state index in [9.17, 15) is 9.18 Å². The van der Waals surface area contributed by atoms with Crippen LogP contribution in [0.4, 0.5) is 10.1 Å². The number of carbonyl (C=O) groups is 1. The van der Waals surface area contributed by atoms with Crippen LogP contribution < -0.4 is 10.6 Å². The highest BCUT2D eigenvalue weighted by Crippen LogP contribution is 2.49. The van der Waals surface area contributed by atoms with E-state index >= 15 is 0 Å². The number of benzene rings is 1. The van der Waals surface area contributed by atoms with Crippen LogP contribution in [0.25, 0.3) is 0 Å². The largest absolute Gasteiger partial charge is 0.324 e. The van der Waals surface area contributed by atoms with E-state index in [2.05, 4.69) is 17.6 Å². The lowest BCUT2D eigenvalue weighted by Gasteiger charge is -2.30. The maximum Gasteiger partial charge on any atom is 0.246 e. The minimum atomic E-state index is -0.412. The first-order valence-electron chi connectivity index (χ1n) is 7.98. The fraction of sp³-hybridized carbons (Fsp3) is 0.588. The second-order valence-corrected chi connectivity index (χ2v) is 6.95. The highest BCUT2D eigenvalue weighted by molar-refractivity contribution is 6.02. The summed E-state index contributed by atoms with van der Waals surface area (Å²) in [5.74, 6) is 2.02. The first-order chi connectivity index (χ1) is 10.1. The predicted octanol–water partition coefficient (Wildman–Crippen LogP) is 3.23. The summed E-state index contributed by atoms with van der Waals surface area (Å²) in [6.07, 6.45) is 5.36. The number of anilines is 1. The summed E-state index contributed by atoms with van der Waals surface area (Å²) < 4.78 is 13.5. The summed E-state index contributed by atoms with van der Waals surface area (Å²) in [6.45, 7) is 2.18. The van der Waals surface area contributed by atoms with Crippen molar-refractivity contribution in [3.8, 4) is 0 Å². The van der Waals surface area contributed by atoms with Crippen molar-refractivity contribution in [3.63, 3.8) is 0 Å². The Balaban J connectivity index is 1.52. The highest BCUT2D eigenvalue weighted by Gasteiger charge is 2.43. The Hall–Kier alpha value is -1.42. The maximum absolute atomic E-state index is 13.5. The molecule has 5 atom stereocenters. The molecule has 4 rings (SSSR count). The van der Waals surface area contributed by atoms with Crippen molar-refractivity contribution in [2.45, 2.75) is 44.7 Å². The highest BCUT2D eigenvalue weighted by atomic mass is 19.1. The molecule has 3 aliphatic rings. The number of fused-ring (bicyclic) bond motifs is 3. The second kappa shape index (κ2) is 4.80. The molecule has 2 aliphatic carbocycles. The number of carbonyl (C=O) groups excluding carboxylic acids is 1. The van der Waals surface area contributed by atoms with Crippen molar-refractivity contribution in [1.82, 2.24) is 5.32 Å². The monoisotopic (exact) mass is 288 g/mol. The zero-order valence-corrected chi connectivity index (χ0v) is 12.2. The van der Waals surface area contributed by atoms with Gasteiger partial charge in [-0.2, -0.15) is 0 Å². The van der Waals surface area contributed by atoms with Crippen LogP contribution in [-0.4, -0.2) is 11.9 Å². The molecule has 1 aliphatic heterocycles.